The standard InChI is InChI=1S/C16H17ClFN/c1-11-3-5-13(6-4-11)12(2)19-10-14-9-15(17)7-8-16(14)18/h3-9,12,19H,10H2,1-2H3/t12-/m1/s1. The van der Waals surface area contributed by atoms with E-state index < -0.39 is 0 Å². The first-order valence-corrected chi connectivity index (χ1v) is 6.68. The van der Waals surface area contributed by atoms with E-state index in [1.807, 2.05) is 0 Å². The van der Waals surface area contributed by atoms with Crippen LogP contribution in [0.5, 0.6) is 0 Å². The highest BCUT2D eigenvalue weighted by Crippen LogP contribution is 2.17. The van der Waals surface area contributed by atoms with E-state index in [2.05, 4.69) is 43.4 Å². The summed E-state index contributed by atoms with van der Waals surface area (Å²) in [4.78, 5) is 0. The van der Waals surface area contributed by atoms with Crippen LogP contribution < -0.4 is 5.32 Å². The number of halogens is 2. The molecule has 0 fully saturated rings. The Kier molecular flexibility index (Phi) is 4.56. The van der Waals surface area contributed by atoms with Gasteiger partial charge in [0, 0.05) is 23.2 Å². The zero-order valence-electron chi connectivity index (χ0n) is 11.1. The van der Waals surface area contributed by atoms with Gasteiger partial charge in [-0.1, -0.05) is 41.4 Å². The summed E-state index contributed by atoms with van der Waals surface area (Å²) in [5.74, 6) is -0.229. The lowest BCUT2D eigenvalue weighted by atomic mass is 10.1. The Balaban J connectivity index is 2.02. The van der Waals surface area contributed by atoms with E-state index in [0.29, 0.717) is 17.1 Å². The second-order valence-electron chi connectivity index (χ2n) is 4.75. The van der Waals surface area contributed by atoms with Crippen molar-refractivity contribution in [3.8, 4) is 0 Å². The molecule has 0 aliphatic rings. The van der Waals surface area contributed by atoms with Crippen LogP contribution in [0.4, 0.5) is 4.39 Å². The highest BCUT2D eigenvalue weighted by atomic mass is 35.5. The largest absolute Gasteiger partial charge is 0.306 e. The van der Waals surface area contributed by atoms with E-state index >= 15 is 0 Å². The van der Waals surface area contributed by atoms with Crippen molar-refractivity contribution < 1.29 is 4.39 Å². The van der Waals surface area contributed by atoms with E-state index in [9.17, 15) is 4.39 Å². The van der Waals surface area contributed by atoms with Gasteiger partial charge < -0.3 is 5.32 Å². The molecular weight excluding hydrogens is 261 g/mol. The molecule has 1 nitrogen and oxygen atoms in total. The Morgan fingerprint density at radius 2 is 1.84 bits per heavy atom. The van der Waals surface area contributed by atoms with Gasteiger partial charge in [0.2, 0.25) is 0 Å². The Bertz CT molecular complexity index is 551. The van der Waals surface area contributed by atoms with Gasteiger partial charge in [0.25, 0.3) is 0 Å². The van der Waals surface area contributed by atoms with Gasteiger partial charge in [0.1, 0.15) is 5.82 Å². The van der Waals surface area contributed by atoms with Crippen LogP contribution in [0.3, 0.4) is 0 Å². The smallest absolute Gasteiger partial charge is 0.127 e. The SMILES string of the molecule is Cc1ccc([C@@H](C)NCc2cc(Cl)ccc2F)cc1. The fraction of sp³-hybridized carbons (Fsp3) is 0.250. The molecule has 0 heterocycles. The molecule has 0 aliphatic carbocycles. The van der Waals surface area contributed by atoms with Crippen LogP contribution in [0, 0.1) is 12.7 Å². The molecule has 0 aromatic heterocycles. The first-order valence-electron chi connectivity index (χ1n) is 6.30. The summed E-state index contributed by atoms with van der Waals surface area (Å²) in [6.45, 7) is 4.58. The molecule has 2 aromatic rings. The fourth-order valence-electron chi connectivity index (χ4n) is 1.91. The zero-order chi connectivity index (χ0) is 13.8. The van der Waals surface area contributed by atoms with Crippen molar-refractivity contribution in [1.29, 1.82) is 0 Å². The maximum absolute atomic E-state index is 13.6. The molecule has 1 N–H and O–H groups in total. The second kappa shape index (κ2) is 6.18. The molecule has 0 saturated carbocycles. The summed E-state index contributed by atoms with van der Waals surface area (Å²) in [5, 5.41) is 3.86. The van der Waals surface area contributed by atoms with Crippen molar-refractivity contribution in [3.63, 3.8) is 0 Å². The minimum atomic E-state index is -0.229. The van der Waals surface area contributed by atoms with E-state index in [4.69, 9.17) is 11.6 Å². The molecule has 100 valence electrons. The van der Waals surface area contributed by atoms with Crippen molar-refractivity contribution >= 4 is 11.6 Å². The average molecular weight is 278 g/mol. The van der Waals surface area contributed by atoms with Crippen LogP contribution in [0.25, 0.3) is 0 Å². The monoisotopic (exact) mass is 277 g/mol. The molecule has 2 rings (SSSR count). The van der Waals surface area contributed by atoms with Crippen molar-refractivity contribution in [1.82, 2.24) is 5.32 Å². The van der Waals surface area contributed by atoms with Gasteiger partial charge in [-0.2, -0.15) is 0 Å². The number of rotatable bonds is 4. The van der Waals surface area contributed by atoms with Gasteiger partial charge in [-0.25, -0.2) is 4.39 Å². The third kappa shape index (κ3) is 3.79. The first kappa shape index (κ1) is 14.0. The molecule has 0 amide bonds. The van der Waals surface area contributed by atoms with Crippen LogP contribution in [-0.4, -0.2) is 0 Å². The van der Waals surface area contributed by atoms with Crippen molar-refractivity contribution in [2.75, 3.05) is 0 Å². The summed E-state index contributed by atoms with van der Waals surface area (Å²) < 4.78 is 13.6. The molecule has 2 aromatic carbocycles. The number of benzene rings is 2. The van der Waals surface area contributed by atoms with Crippen LogP contribution in [-0.2, 0) is 6.54 Å². The Labute approximate surface area is 118 Å². The lowest BCUT2D eigenvalue weighted by molar-refractivity contribution is 0.544. The molecule has 1 atom stereocenters. The molecule has 0 radical (unpaired) electrons. The highest BCUT2D eigenvalue weighted by molar-refractivity contribution is 6.30. The minimum Gasteiger partial charge on any atom is -0.306 e. The summed E-state index contributed by atoms with van der Waals surface area (Å²) in [6, 6.07) is 13.1. The molecular formula is C16H17ClFN. The normalized spacial score (nSPS) is 12.4. The molecule has 0 bridgehead atoms. The summed E-state index contributed by atoms with van der Waals surface area (Å²) >= 11 is 5.87. The van der Waals surface area contributed by atoms with Crippen molar-refractivity contribution in [2.45, 2.75) is 26.4 Å². The summed E-state index contributed by atoms with van der Waals surface area (Å²) in [5.41, 5.74) is 3.01. The molecule has 0 aliphatic heterocycles. The maximum atomic E-state index is 13.6. The molecule has 19 heavy (non-hydrogen) atoms. The molecule has 0 saturated heterocycles. The Hall–Kier alpha value is -1.38. The van der Waals surface area contributed by atoms with Gasteiger partial charge in [-0.15, -0.1) is 0 Å². The van der Waals surface area contributed by atoms with Crippen LogP contribution >= 0.6 is 11.6 Å². The van der Waals surface area contributed by atoms with Crippen LogP contribution in [0.1, 0.15) is 29.7 Å². The fourth-order valence-corrected chi connectivity index (χ4v) is 2.11. The van der Waals surface area contributed by atoms with E-state index in [1.165, 1.54) is 17.2 Å². The van der Waals surface area contributed by atoms with Gasteiger partial charge in [0.05, 0.1) is 0 Å². The van der Waals surface area contributed by atoms with Crippen molar-refractivity contribution in [3.05, 3.63) is 70.0 Å². The predicted molar refractivity (Wildman–Crippen MR) is 77.8 cm³/mol. The van der Waals surface area contributed by atoms with Gasteiger partial charge in [-0.05, 0) is 37.6 Å². The van der Waals surface area contributed by atoms with Gasteiger partial charge in [-0.3, -0.25) is 0 Å². The lowest BCUT2D eigenvalue weighted by Crippen LogP contribution is -2.18. The summed E-state index contributed by atoms with van der Waals surface area (Å²) in [7, 11) is 0. The summed E-state index contributed by atoms with van der Waals surface area (Å²) in [6.07, 6.45) is 0. The number of aryl methyl sites for hydroxylation is 1. The Morgan fingerprint density at radius 3 is 2.53 bits per heavy atom. The maximum Gasteiger partial charge on any atom is 0.127 e. The van der Waals surface area contributed by atoms with Crippen LogP contribution in [0.15, 0.2) is 42.5 Å². The van der Waals surface area contributed by atoms with E-state index in [-0.39, 0.29) is 11.9 Å². The average Bonchev–Trinajstić information content (AvgIpc) is 2.40. The molecule has 0 unspecified atom stereocenters. The second-order valence-corrected chi connectivity index (χ2v) is 5.19. The topological polar surface area (TPSA) is 12.0 Å². The molecule has 3 heteroatoms. The number of nitrogens with one attached hydrogen (secondary N) is 1. The highest BCUT2D eigenvalue weighted by Gasteiger charge is 2.07. The molecule has 0 spiro atoms. The van der Waals surface area contributed by atoms with E-state index in [0.717, 1.165) is 0 Å². The zero-order valence-corrected chi connectivity index (χ0v) is 11.8. The van der Waals surface area contributed by atoms with Crippen molar-refractivity contribution in [2.24, 2.45) is 0 Å². The third-order valence-electron chi connectivity index (χ3n) is 3.18. The quantitative estimate of drug-likeness (QED) is 0.858. The van der Waals surface area contributed by atoms with Gasteiger partial charge in [0.15, 0.2) is 0 Å². The Morgan fingerprint density at radius 1 is 1.16 bits per heavy atom. The minimum absolute atomic E-state index is 0.166. The van der Waals surface area contributed by atoms with Crippen LogP contribution in [0.2, 0.25) is 5.02 Å². The van der Waals surface area contributed by atoms with Gasteiger partial charge >= 0.3 is 0 Å². The lowest BCUT2D eigenvalue weighted by Gasteiger charge is -2.15. The van der Waals surface area contributed by atoms with E-state index in [1.54, 1.807) is 12.1 Å². The number of hydrogen-bond acceptors (Lipinski definition) is 1. The number of hydrogen-bond donors (Lipinski definition) is 1. The first-order chi connectivity index (χ1) is 9.06. The predicted octanol–water partition coefficient (Wildman–Crippen LogP) is 4.64. The third-order valence-corrected chi connectivity index (χ3v) is 3.42.